The Morgan fingerprint density at radius 2 is 1.79 bits per heavy atom. The number of Topliss-reactive ketones (excluding diaryl/α,β-unsaturated/α-hetero) is 1. The molecule has 1 atom stereocenters. The molecule has 1 aromatic heterocycles. The Kier molecular flexibility index (Phi) is 5.33. The van der Waals surface area contributed by atoms with Crippen molar-refractivity contribution in [2.75, 3.05) is 13.1 Å². The molecule has 1 aliphatic heterocycles. The molecule has 28 heavy (non-hydrogen) atoms. The van der Waals surface area contributed by atoms with E-state index in [-0.39, 0.29) is 17.6 Å². The lowest BCUT2D eigenvalue weighted by molar-refractivity contribution is -0.123. The second kappa shape index (κ2) is 8.21. The van der Waals surface area contributed by atoms with Crippen molar-refractivity contribution in [3.05, 3.63) is 84.2 Å². The molecule has 1 saturated heterocycles. The van der Waals surface area contributed by atoms with Crippen molar-refractivity contribution in [2.45, 2.75) is 19.3 Å². The Morgan fingerprint density at radius 1 is 1.00 bits per heavy atom. The highest BCUT2D eigenvalue weighted by molar-refractivity contribution is 5.98. The number of carbonyl (C=O) groups is 2. The van der Waals surface area contributed by atoms with E-state index in [0.29, 0.717) is 25.1 Å². The summed E-state index contributed by atoms with van der Waals surface area (Å²) >= 11 is 0. The number of benzene rings is 2. The number of hydrogen-bond acceptors (Lipinski definition) is 3. The lowest BCUT2D eigenvalue weighted by Gasteiger charge is -2.32. The maximum Gasteiger partial charge on any atom is 0.256 e. The number of amides is 1. The van der Waals surface area contributed by atoms with Gasteiger partial charge in [-0.2, -0.15) is 5.10 Å². The first-order chi connectivity index (χ1) is 13.7. The molecule has 1 amide bonds. The minimum atomic E-state index is -0.102. The number of hydrogen-bond donors (Lipinski definition) is 0. The molecule has 1 aliphatic rings. The number of para-hydroxylation sites is 1. The second-order valence-electron chi connectivity index (χ2n) is 7.19. The van der Waals surface area contributed by atoms with Crippen molar-refractivity contribution in [1.82, 2.24) is 14.7 Å². The number of ketones is 1. The lowest BCUT2D eigenvalue weighted by atomic mass is 9.90. The zero-order valence-electron chi connectivity index (χ0n) is 15.7. The number of rotatable bonds is 5. The van der Waals surface area contributed by atoms with E-state index in [1.807, 2.05) is 71.8 Å². The van der Waals surface area contributed by atoms with Gasteiger partial charge >= 0.3 is 0 Å². The monoisotopic (exact) mass is 373 g/mol. The predicted molar refractivity (Wildman–Crippen MR) is 107 cm³/mol. The summed E-state index contributed by atoms with van der Waals surface area (Å²) in [5.41, 5.74) is 2.40. The van der Waals surface area contributed by atoms with Gasteiger partial charge in [-0.3, -0.25) is 9.59 Å². The summed E-state index contributed by atoms with van der Waals surface area (Å²) < 4.78 is 1.70. The van der Waals surface area contributed by atoms with Crippen LogP contribution in [-0.4, -0.2) is 39.5 Å². The van der Waals surface area contributed by atoms with Gasteiger partial charge in [-0.05, 0) is 36.6 Å². The molecule has 0 unspecified atom stereocenters. The fourth-order valence-electron chi connectivity index (χ4n) is 3.80. The first-order valence-electron chi connectivity index (χ1n) is 9.67. The highest BCUT2D eigenvalue weighted by Crippen LogP contribution is 2.23. The van der Waals surface area contributed by atoms with Gasteiger partial charge < -0.3 is 4.90 Å². The van der Waals surface area contributed by atoms with Gasteiger partial charge in [0.2, 0.25) is 0 Å². The molecule has 142 valence electrons. The topological polar surface area (TPSA) is 55.2 Å². The van der Waals surface area contributed by atoms with E-state index in [9.17, 15) is 9.59 Å². The molecule has 0 spiro atoms. The third kappa shape index (κ3) is 3.88. The van der Waals surface area contributed by atoms with Crippen LogP contribution < -0.4 is 0 Å². The number of nitrogens with zero attached hydrogens (tertiary/aromatic N) is 3. The molecule has 1 fully saturated rings. The van der Waals surface area contributed by atoms with Crippen LogP contribution in [0.1, 0.15) is 28.8 Å². The third-order valence-corrected chi connectivity index (χ3v) is 5.27. The van der Waals surface area contributed by atoms with Gasteiger partial charge in [0, 0.05) is 37.8 Å². The summed E-state index contributed by atoms with van der Waals surface area (Å²) in [5, 5.41) is 4.26. The van der Waals surface area contributed by atoms with Crippen molar-refractivity contribution in [3.8, 4) is 5.69 Å². The summed E-state index contributed by atoms with van der Waals surface area (Å²) in [6.07, 6.45) is 5.64. The highest BCUT2D eigenvalue weighted by atomic mass is 16.2. The molecule has 3 aromatic rings. The Balaban J connectivity index is 1.49. The van der Waals surface area contributed by atoms with Crippen molar-refractivity contribution < 1.29 is 9.59 Å². The van der Waals surface area contributed by atoms with Crippen LogP contribution in [0.5, 0.6) is 0 Å². The lowest BCUT2D eigenvalue weighted by Crippen LogP contribution is -2.43. The third-order valence-electron chi connectivity index (χ3n) is 5.27. The zero-order valence-corrected chi connectivity index (χ0v) is 15.7. The van der Waals surface area contributed by atoms with Gasteiger partial charge in [0.25, 0.3) is 5.91 Å². The van der Waals surface area contributed by atoms with Crippen LogP contribution in [0.25, 0.3) is 5.69 Å². The average molecular weight is 373 g/mol. The summed E-state index contributed by atoms with van der Waals surface area (Å²) in [7, 11) is 0. The van der Waals surface area contributed by atoms with Gasteiger partial charge in [0.05, 0.1) is 11.3 Å². The van der Waals surface area contributed by atoms with Gasteiger partial charge in [-0.15, -0.1) is 0 Å². The van der Waals surface area contributed by atoms with Crippen molar-refractivity contribution >= 4 is 11.7 Å². The van der Waals surface area contributed by atoms with E-state index in [2.05, 4.69) is 5.10 Å². The molecule has 0 aliphatic carbocycles. The number of likely N-dealkylation sites (tertiary alicyclic amines) is 1. The first kappa shape index (κ1) is 18.2. The first-order valence-corrected chi connectivity index (χ1v) is 9.67. The van der Waals surface area contributed by atoms with E-state index >= 15 is 0 Å². The van der Waals surface area contributed by atoms with Gasteiger partial charge in [0.15, 0.2) is 0 Å². The smallest absolute Gasteiger partial charge is 0.256 e. The molecule has 2 aromatic carbocycles. The standard InChI is InChI=1S/C23H23N3O2/c27-22(16-18-8-2-1-3-9-18)19-10-6-14-25(17-19)23(28)20-11-4-5-12-21(20)26-15-7-13-24-26/h1-5,7-9,11-13,15,19H,6,10,14,16-17H2/t19-/m0/s1. The molecule has 0 bridgehead atoms. The van der Waals surface area contributed by atoms with Crippen molar-refractivity contribution in [2.24, 2.45) is 5.92 Å². The number of aromatic nitrogens is 2. The van der Waals surface area contributed by atoms with Crippen LogP contribution >= 0.6 is 0 Å². The van der Waals surface area contributed by atoms with Crippen LogP contribution in [-0.2, 0) is 11.2 Å². The molecule has 5 nitrogen and oxygen atoms in total. The van der Waals surface area contributed by atoms with Gasteiger partial charge in [-0.25, -0.2) is 4.68 Å². The maximum atomic E-state index is 13.2. The molecule has 0 N–H and O–H groups in total. The van der Waals surface area contributed by atoms with Crippen LogP contribution in [0.15, 0.2) is 73.1 Å². The normalized spacial score (nSPS) is 16.7. The fraction of sp³-hybridized carbons (Fsp3) is 0.261. The van der Waals surface area contributed by atoms with E-state index in [1.165, 1.54) is 0 Å². The minimum absolute atomic E-state index is 0.0386. The van der Waals surface area contributed by atoms with E-state index in [1.54, 1.807) is 10.9 Å². The largest absolute Gasteiger partial charge is 0.338 e. The minimum Gasteiger partial charge on any atom is -0.338 e. The van der Waals surface area contributed by atoms with Crippen LogP contribution in [0, 0.1) is 5.92 Å². The predicted octanol–water partition coefficient (Wildman–Crippen LogP) is 3.54. The zero-order chi connectivity index (χ0) is 19.3. The molecule has 0 saturated carbocycles. The molecular formula is C23H23N3O2. The maximum absolute atomic E-state index is 13.2. The fourth-order valence-corrected chi connectivity index (χ4v) is 3.80. The van der Waals surface area contributed by atoms with Gasteiger partial charge in [0.1, 0.15) is 5.78 Å². The van der Waals surface area contributed by atoms with Gasteiger partial charge in [-0.1, -0.05) is 42.5 Å². The summed E-state index contributed by atoms with van der Waals surface area (Å²) in [6.45, 7) is 1.17. The van der Waals surface area contributed by atoms with E-state index in [4.69, 9.17) is 0 Å². The Hall–Kier alpha value is -3.21. The molecule has 5 heteroatoms. The molecule has 2 heterocycles. The Morgan fingerprint density at radius 3 is 2.57 bits per heavy atom. The molecular weight excluding hydrogens is 350 g/mol. The number of carbonyl (C=O) groups excluding carboxylic acids is 2. The Labute approximate surface area is 164 Å². The van der Waals surface area contributed by atoms with E-state index < -0.39 is 0 Å². The highest BCUT2D eigenvalue weighted by Gasteiger charge is 2.29. The van der Waals surface area contributed by atoms with Crippen molar-refractivity contribution in [1.29, 1.82) is 0 Å². The van der Waals surface area contributed by atoms with Crippen molar-refractivity contribution in [3.63, 3.8) is 0 Å². The molecule has 0 radical (unpaired) electrons. The van der Waals surface area contributed by atoms with Crippen LogP contribution in [0.2, 0.25) is 0 Å². The van der Waals surface area contributed by atoms with E-state index in [0.717, 1.165) is 24.1 Å². The number of piperidine rings is 1. The van der Waals surface area contributed by atoms with Crippen LogP contribution in [0.4, 0.5) is 0 Å². The second-order valence-corrected chi connectivity index (χ2v) is 7.19. The quantitative estimate of drug-likeness (QED) is 0.687. The molecule has 4 rings (SSSR count). The summed E-state index contributed by atoms with van der Waals surface area (Å²) in [4.78, 5) is 27.8. The average Bonchev–Trinajstić information content (AvgIpc) is 3.29. The summed E-state index contributed by atoms with van der Waals surface area (Å²) in [6, 6.07) is 19.1. The Bertz CT molecular complexity index is 951. The SMILES string of the molecule is O=C(Cc1ccccc1)[C@H]1CCCN(C(=O)c2ccccc2-n2cccn2)C1. The summed E-state index contributed by atoms with van der Waals surface area (Å²) in [5.74, 6) is 0.0714. The van der Waals surface area contributed by atoms with Crippen LogP contribution in [0.3, 0.4) is 0 Å².